The number of nitrogens with zero attached hydrogens (tertiary/aromatic N) is 3. The van der Waals surface area contributed by atoms with Crippen molar-refractivity contribution in [1.29, 1.82) is 5.26 Å². The van der Waals surface area contributed by atoms with Crippen molar-refractivity contribution in [1.82, 2.24) is 9.97 Å². The Morgan fingerprint density at radius 3 is 2.58 bits per heavy atom. The molecule has 0 saturated heterocycles. The molecule has 26 heavy (non-hydrogen) atoms. The van der Waals surface area contributed by atoms with Crippen molar-refractivity contribution in [2.45, 2.75) is 0 Å². The highest BCUT2D eigenvalue weighted by Crippen LogP contribution is 2.31. The van der Waals surface area contributed by atoms with Gasteiger partial charge < -0.3 is 10.4 Å². The summed E-state index contributed by atoms with van der Waals surface area (Å²) in [6, 6.07) is 15.8. The van der Waals surface area contributed by atoms with Crippen LogP contribution in [0.2, 0.25) is 0 Å². The van der Waals surface area contributed by atoms with Gasteiger partial charge in [-0.3, -0.25) is 4.98 Å². The minimum Gasteiger partial charge on any atom is -0.478 e. The number of nitriles is 1. The number of anilines is 2. The number of carboxylic acids is 1. The van der Waals surface area contributed by atoms with Crippen LogP contribution >= 0.6 is 0 Å². The van der Waals surface area contributed by atoms with Gasteiger partial charge in [0.15, 0.2) is 0 Å². The number of pyridine rings is 2. The predicted molar refractivity (Wildman–Crippen MR) is 98.4 cm³/mol. The van der Waals surface area contributed by atoms with Crippen LogP contribution in [-0.4, -0.2) is 21.0 Å². The summed E-state index contributed by atoms with van der Waals surface area (Å²) in [5.74, 6) is -0.399. The van der Waals surface area contributed by atoms with Crippen LogP contribution in [0.15, 0.2) is 60.9 Å². The Labute approximate surface area is 148 Å². The molecule has 2 N–H and O–H groups in total. The largest absolute Gasteiger partial charge is 0.478 e. The summed E-state index contributed by atoms with van der Waals surface area (Å²) in [7, 11) is 0. The molecule has 0 saturated carbocycles. The number of hydrogen-bond acceptors (Lipinski definition) is 5. The Kier molecular flexibility index (Phi) is 3.67. The average molecular weight is 340 g/mol. The average Bonchev–Trinajstić information content (AvgIpc) is 2.68. The van der Waals surface area contributed by atoms with E-state index in [0.717, 1.165) is 21.8 Å². The molecule has 6 heteroatoms. The zero-order valence-corrected chi connectivity index (χ0v) is 13.5. The number of aromatic nitrogens is 2. The van der Waals surface area contributed by atoms with Crippen molar-refractivity contribution in [2.24, 2.45) is 0 Å². The molecule has 0 spiro atoms. The molecule has 4 aromatic rings. The number of benzene rings is 2. The number of carbonyl (C=O) groups is 1. The van der Waals surface area contributed by atoms with Gasteiger partial charge in [0.1, 0.15) is 5.82 Å². The van der Waals surface area contributed by atoms with Gasteiger partial charge in [-0.1, -0.05) is 6.07 Å². The lowest BCUT2D eigenvalue weighted by atomic mass is 10.1. The molecular weight excluding hydrogens is 328 g/mol. The van der Waals surface area contributed by atoms with E-state index in [9.17, 15) is 9.90 Å². The monoisotopic (exact) mass is 340 g/mol. The second kappa shape index (κ2) is 6.15. The molecule has 0 atom stereocenters. The van der Waals surface area contributed by atoms with E-state index in [1.807, 2.05) is 6.07 Å². The van der Waals surface area contributed by atoms with E-state index in [0.29, 0.717) is 16.9 Å². The summed E-state index contributed by atoms with van der Waals surface area (Å²) < 4.78 is 0. The molecule has 124 valence electrons. The molecule has 0 amide bonds. The Morgan fingerprint density at radius 1 is 1.04 bits per heavy atom. The highest BCUT2D eigenvalue weighted by atomic mass is 16.4. The lowest BCUT2D eigenvalue weighted by Gasteiger charge is -2.12. The van der Waals surface area contributed by atoms with Crippen molar-refractivity contribution < 1.29 is 9.90 Å². The molecule has 0 fully saturated rings. The molecule has 2 aromatic heterocycles. The maximum absolute atomic E-state index is 11.3. The van der Waals surface area contributed by atoms with Gasteiger partial charge >= 0.3 is 5.97 Å². The first-order valence-corrected chi connectivity index (χ1v) is 7.84. The second-order valence-corrected chi connectivity index (χ2v) is 5.73. The number of aromatic carboxylic acids is 1. The van der Waals surface area contributed by atoms with Crippen LogP contribution < -0.4 is 5.32 Å². The molecule has 2 aromatic carbocycles. The van der Waals surface area contributed by atoms with Crippen LogP contribution in [0.25, 0.3) is 21.7 Å². The van der Waals surface area contributed by atoms with Crippen molar-refractivity contribution in [3.63, 3.8) is 0 Å². The predicted octanol–water partition coefficient (Wildman–Crippen LogP) is 4.10. The van der Waals surface area contributed by atoms with Gasteiger partial charge in [0.05, 0.1) is 22.7 Å². The van der Waals surface area contributed by atoms with E-state index < -0.39 is 5.97 Å². The van der Waals surface area contributed by atoms with E-state index in [2.05, 4.69) is 21.4 Å². The lowest BCUT2D eigenvalue weighted by Crippen LogP contribution is -1.99. The molecule has 0 aliphatic carbocycles. The number of rotatable bonds is 3. The fourth-order valence-electron chi connectivity index (χ4n) is 2.84. The highest BCUT2D eigenvalue weighted by Gasteiger charge is 2.11. The minimum atomic E-state index is -0.999. The fourth-order valence-corrected chi connectivity index (χ4v) is 2.84. The molecular formula is C20H12N4O2. The van der Waals surface area contributed by atoms with Crippen LogP contribution in [0.1, 0.15) is 15.9 Å². The van der Waals surface area contributed by atoms with Crippen LogP contribution in [0.4, 0.5) is 11.5 Å². The van der Waals surface area contributed by atoms with E-state index in [1.165, 1.54) is 0 Å². The van der Waals surface area contributed by atoms with Gasteiger partial charge in [-0.05, 0) is 42.5 Å². The minimum absolute atomic E-state index is 0.178. The first-order chi connectivity index (χ1) is 12.7. The summed E-state index contributed by atoms with van der Waals surface area (Å²) >= 11 is 0. The topological polar surface area (TPSA) is 98.9 Å². The van der Waals surface area contributed by atoms with Crippen LogP contribution in [0.5, 0.6) is 0 Å². The first kappa shape index (κ1) is 15.5. The highest BCUT2D eigenvalue weighted by molar-refractivity contribution is 6.11. The molecule has 0 radical (unpaired) electrons. The third-order valence-corrected chi connectivity index (χ3v) is 4.12. The maximum atomic E-state index is 11.3. The van der Waals surface area contributed by atoms with Crippen LogP contribution in [0.3, 0.4) is 0 Å². The van der Waals surface area contributed by atoms with Gasteiger partial charge in [-0.25, -0.2) is 9.78 Å². The summed E-state index contributed by atoms with van der Waals surface area (Å²) in [6.07, 6.45) is 3.43. The molecule has 4 rings (SSSR count). The normalized spacial score (nSPS) is 10.6. The molecule has 2 heterocycles. The summed E-state index contributed by atoms with van der Waals surface area (Å²) in [6.45, 7) is 0. The summed E-state index contributed by atoms with van der Waals surface area (Å²) in [5.41, 5.74) is 2.10. The first-order valence-electron chi connectivity index (χ1n) is 7.84. The quantitative estimate of drug-likeness (QED) is 0.545. The van der Waals surface area contributed by atoms with Gasteiger partial charge in [-0.15, -0.1) is 0 Å². The Balaban J connectivity index is 1.90. The Morgan fingerprint density at radius 2 is 1.85 bits per heavy atom. The summed E-state index contributed by atoms with van der Waals surface area (Å²) in [4.78, 5) is 20.1. The van der Waals surface area contributed by atoms with Crippen molar-refractivity contribution in [3.8, 4) is 6.07 Å². The van der Waals surface area contributed by atoms with Crippen molar-refractivity contribution in [2.75, 3.05) is 5.32 Å². The third-order valence-electron chi connectivity index (χ3n) is 4.12. The number of hydrogen-bond donors (Lipinski definition) is 2. The van der Waals surface area contributed by atoms with Gasteiger partial charge in [0.2, 0.25) is 0 Å². The van der Waals surface area contributed by atoms with Crippen LogP contribution in [-0.2, 0) is 0 Å². The second-order valence-electron chi connectivity index (χ2n) is 5.73. The SMILES string of the molecule is N#Cc1ccc(Nc2nc3cc(C(=O)O)ccc3c3cnccc23)cc1. The molecule has 0 bridgehead atoms. The van der Waals surface area contributed by atoms with Crippen molar-refractivity contribution in [3.05, 3.63) is 72.1 Å². The third kappa shape index (κ3) is 2.68. The number of nitrogens with one attached hydrogen (secondary N) is 1. The van der Waals surface area contributed by atoms with E-state index in [4.69, 9.17) is 5.26 Å². The Bertz CT molecular complexity index is 1190. The van der Waals surface area contributed by atoms with Crippen LogP contribution in [0, 0.1) is 11.3 Å². The van der Waals surface area contributed by atoms with Gasteiger partial charge in [0.25, 0.3) is 0 Å². The molecule has 6 nitrogen and oxygen atoms in total. The molecule has 0 unspecified atom stereocenters. The molecule has 0 aliphatic rings. The lowest BCUT2D eigenvalue weighted by molar-refractivity contribution is 0.0697. The van der Waals surface area contributed by atoms with E-state index in [1.54, 1.807) is 54.9 Å². The van der Waals surface area contributed by atoms with Gasteiger partial charge in [-0.2, -0.15) is 5.26 Å². The summed E-state index contributed by atoms with van der Waals surface area (Å²) in [5, 5.41) is 24.0. The van der Waals surface area contributed by atoms with E-state index >= 15 is 0 Å². The zero-order chi connectivity index (χ0) is 18.1. The number of carboxylic acid groups (broad SMARTS) is 1. The fraction of sp³-hybridized carbons (Fsp3) is 0. The van der Waals surface area contributed by atoms with E-state index in [-0.39, 0.29) is 5.56 Å². The number of fused-ring (bicyclic) bond motifs is 3. The molecule has 0 aliphatic heterocycles. The maximum Gasteiger partial charge on any atom is 0.335 e. The van der Waals surface area contributed by atoms with Gasteiger partial charge in [0, 0.05) is 34.2 Å². The smallest absolute Gasteiger partial charge is 0.335 e. The van der Waals surface area contributed by atoms with Crippen molar-refractivity contribution >= 4 is 39.1 Å². The standard InChI is InChI=1S/C20H12N4O2/c21-10-12-1-4-14(5-2-12)23-19-16-7-8-22-11-17(16)15-6-3-13(20(25)26)9-18(15)24-19/h1-9,11H,(H,23,24)(H,25,26). The Hall–Kier alpha value is -3.98. The zero-order valence-electron chi connectivity index (χ0n) is 13.5.